The van der Waals surface area contributed by atoms with Crippen molar-refractivity contribution in [2.24, 2.45) is 0 Å². The Morgan fingerprint density at radius 1 is 1.05 bits per heavy atom. The third-order valence-corrected chi connectivity index (χ3v) is 3.88. The quantitative estimate of drug-likeness (QED) is 0.771. The average Bonchev–Trinajstić information content (AvgIpc) is 2.51. The Morgan fingerprint density at radius 2 is 1.81 bits per heavy atom. The van der Waals surface area contributed by atoms with E-state index in [4.69, 9.17) is 9.47 Å². The minimum absolute atomic E-state index is 0.163. The summed E-state index contributed by atoms with van der Waals surface area (Å²) in [4.78, 5) is 0. The van der Waals surface area contributed by atoms with Crippen molar-refractivity contribution in [3.63, 3.8) is 0 Å². The van der Waals surface area contributed by atoms with Crippen LogP contribution in [0.4, 0.5) is 0 Å². The lowest BCUT2D eigenvalue weighted by molar-refractivity contribution is 0.146. The maximum absolute atomic E-state index is 5.66. The molecule has 0 heterocycles. The Hall–Kier alpha value is -1.36. The summed E-state index contributed by atoms with van der Waals surface area (Å²) in [5, 5.41) is 3.35. The van der Waals surface area contributed by atoms with E-state index in [0.717, 1.165) is 10.2 Å². The molecule has 0 aliphatic heterocycles. The number of hydrogen-bond acceptors (Lipinski definition) is 3. The van der Waals surface area contributed by atoms with Crippen LogP contribution in [0.2, 0.25) is 0 Å². The first-order chi connectivity index (χ1) is 10.3. The Kier molecular flexibility index (Phi) is 6.23. The zero-order chi connectivity index (χ0) is 15.1. The number of benzene rings is 2. The summed E-state index contributed by atoms with van der Waals surface area (Å²) in [6.45, 7) is 1.12. The molecule has 0 saturated heterocycles. The monoisotopic (exact) mass is 349 g/mol. The van der Waals surface area contributed by atoms with E-state index in [1.165, 1.54) is 11.1 Å². The molecule has 0 spiro atoms. The van der Waals surface area contributed by atoms with Gasteiger partial charge in [0, 0.05) is 7.11 Å². The van der Waals surface area contributed by atoms with Crippen LogP contribution < -0.4 is 10.1 Å². The van der Waals surface area contributed by atoms with Crippen LogP contribution in [0.15, 0.2) is 53.0 Å². The third kappa shape index (κ3) is 4.30. The van der Waals surface area contributed by atoms with Crippen molar-refractivity contribution in [2.75, 3.05) is 27.4 Å². The summed E-state index contributed by atoms with van der Waals surface area (Å²) in [6, 6.07) is 16.7. The Labute approximate surface area is 134 Å². The Balaban J connectivity index is 2.18. The van der Waals surface area contributed by atoms with E-state index in [0.29, 0.717) is 13.2 Å². The minimum atomic E-state index is 0.163. The first-order valence-corrected chi connectivity index (χ1v) is 7.69. The summed E-state index contributed by atoms with van der Waals surface area (Å²) in [6.07, 6.45) is 0. The molecular formula is C17H20BrNO2. The van der Waals surface area contributed by atoms with Crippen LogP contribution in [0, 0.1) is 0 Å². The summed E-state index contributed by atoms with van der Waals surface area (Å²) >= 11 is 3.58. The molecular weight excluding hydrogens is 330 g/mol. The predicted molar refractivity (Wildman–Crippen MR) is 88.9 cm³/mol. The van der Waals surface area contributed by atoms with Gasteiger partial charge >= 0.3 is 0 Å². The molecule has 3 nitrogen and oxygen atoms in total. The zero-order valence-electron chi connectivity index (χ0n) is 12.3. The third-order valence-electron chi connectivity index (χ3n) is 3.26. The van der Waals surface area contributed by atoms with Crippen LogP contribution in [0.5, 0.6) is 5.75 Å². The Bertz CT molecular complexity index is 560. The summed E-state index contributed by atoms with van der Waals surface area (Å²) < 4.78 is 11.6. The summed E-state index contributed by atoms with van der Waals surface area (Å²) in [7, 11) is 3.63. The summed E-state index contributed by atoms with van der Waals surface area (Å²) in [5.41, 5.74) is 2.43. The van der Waals surface area contributed by atoms with Crippen LogP contribution in [0.3, 0.4) is 0 Å². The summed E-state index contributed by atoms with van der Waals surface area (Å²) in [5.74, 6) is 0.832. The van der Waals surface area contributed by atoms with E-state index in [-0.39, 0.29) is 6.04 Å². The van der Waals surface area contributed by atoms with Gasteiger partial charge in [-0.25, -0.2) is 0 Å². The fourth-order valence-electron chi connectivity index (χ4n) is 2.22. The second kappa shape index (κ2) is 8.17. The fraction of sp³-hybridized carbons (Fsp3) is 0.294. The lowest BCUT2D eigenvalue weighted by Gasteiger charge is -2.18. The standard InChI is InChI=1S/C17H20BrNO2/c1-19-17(13-6-4-3-5-7-13)14-8-9-16(15(18)12-14)21-11-10-20-2/h3-9,12,17,19H,10-11H2,1-2H3. The van der Waals surface area contributed by atoms with Crippen LogP contribution >= 0.6 is 15.9 Å². The molecule has 0 aromatic heterocycles. The fourth-order valence-corrected chi connectivity index (χ4v) is 2.73. The van der Waals surface area contributed by atoms with Gasteiger partial charge < -0.3 is 14.8 Å². The molecule has 112 valence electrons. The number of methoxy groups -OCH3 is 1. The smallest absolute Gasteiger partial charge is 0.133 e. The normalized spacial score (nSPS) is 12.1. The molecule has 2 aromatic rings. The van der Waals surface area contributed by atoms with Gasteiger partial charge in [-0.05, 0) is 46.2 Å². The van der Waals surface area contributed by atoms with Gasteiger partial charge in [0.2, 0.25) is 0 Å². The van der Waals surface area contributed by atoms with Crippen LogP contribution in [-0.2, 0) is 4.74 Å². The van der Waals surface area contributed by atoms with Gasteiger partial charge in [-0.3, -0.25) is 0 Å². The van der Waals surface area contributed by atoms with E-state index in [2.05, 4.69) is 57.6 Å². The van der Waals surface area contributed by atoms with Gasteiger partial charge in [0.1, 0.15) is 12.4 Å². The molecule has 4 heteroatoms. The molecule has 0 aliphatic carbocycles. The van der Waals surface area contributed by atoms with Crippen LogP contribution in [-0.4, -0.2) is 27.4 Å². The molecule has 0 amide bonds. The highest BCUT2D eigenvalue weighted by atomic mass is 79.9. The van der Waals surface area contributed by atoms with Gasteiger partial charge in [0.05, 0.1) is 17.1 Å². The van der Waals surface area contributed by atoms with Crippen molar-refractivity contribution in [3.8, 4) is 5.75 Å². The molecule has 2 aromatic carbocycles. The lowest BCUT2D eigenvalue weighted by Crippen LogP contribution is -2.17. The molecule has 0 radical (unpaired) electrons. The number of rotatable bonds is 7. The second-order valence-corrected chi connectivity index (χ2v) is 5.52. The molecule has 2 rings (SSSR count). The molecule has 21 heavy (non-hydrogen) atoms. The largest absolute Gasteiger partial charge is 0.490 e. The highest BCUT2D eigenvalue weighted by Gasteiger charge is 2.13. The topological polar surface area (TPSA) is 30.5 Å². The molecule has 1 unspecified atom stereocenters. The van der Waals surface area contributed by atoms with E-state index < -0.39 is 0 Å². The van der Waals surface area contributed by atoms with E-state index in [1.54, 1.807) is 7.11 Å². The van der Waals surface area contributed by atoms with Gasteiger partial charge in [-0.2, -0.15) is 0 Å². The molecule has 0 saturated carbocycles. The van der Waals surface area contributed by atoms with E-state index in [1.807, 2.05) is 19.2 Å². The second-order valence-electron chi connectivity index (χ2n) is 4.66. The number of ether oxygens (including phenoxy) is 2. The lowest BCUT2D eigenvalue weighted by atomic mass is 9.99. The molecule has 0 fully saturated rings. The van der Waals surface area contributed by atoms with Crippen LogP contribution in [0.25, 0.3) is 0 Å². The minimum Gasteiger partial charge on any atom is -0.490 e. The van der Waals surface area contributed by atoms with Gasteiger partial charge in [0.15, 0.2) is 0 Å². The predicted octanol–water partition coefficient (Wildman–Crippen LogP) is 3.78. The van der Waals surface area contributed by atoms with Crippen molar-refractivity contribution in [2.45, 2.75) is 6.04 Å². The number of nitrogens with one attached hydrogen (secondary N) is 1. The van der Waals surface area contributed by atoms with Crippen molar-refractivity contribution in [1.82, 2.24) is 5.32 Å². The number of hydrogen-bond donors (Lipinski definition) is 1. The Morgan fingerprint density at radius 3 is 2.43 bits per heavy atom. The average molecular weight is 350 g/mol. The molecule has 0 bridgehead atoms. The van der Waals surface area contributed by atoms with Gasteiger partial charge in [-0.15, -0.1) is 0 Å². The first-order valence-electron chi connectivity index (χ1n) is 6.89. The highest BCUT2D eigenvalue weighted by molar-refractivity contribution is 9.10. The van der Waals surface area contributed by atoms with E-state index >= 15 is 0 Å². The highest BCUT2D eigenvalue weighted by Crippen LogP contribution is 2.30. The van der Waals surface area contributed by atoms with E-state index in [9.17, 15) is 0 Å². The van der Waals surface area contributed by atoms with Crippen molar-refractivity contribution in [3.05, 3.63) is 64.1 Å². The zero-order valence-corrected chi connectivity index (χ0v) is 13.9. The van der Waals surface area contributed by atoms with Crippen molar-refractivity contribution >= 4 is 15.9 Å². The molecule has 1 atom stereocenters. The van der Waals surface area contributed by atoms with Gasteiger partial charge in [-0.1, -0.05) is 36.4 Å². The SMILES string of the molecule is CNC(c1ccccc1)c1ccc(OCCOC)c(Br)c1. The van der Waals surface area contributed by atoms with Crippen molar-refractivity contribution < 1.29 is 9.47 Å². The first kappa shape index (κ1) is 16.0. The van der Waals surface area contributed by atoms with Crippen LogP contribution in [0.1, 0.15) is 17.2 Å². The molecule has 1 N–H and O–H groups in total. The maximum atomic E-state index is 5.66. The van der Waals surface area contributed by atoms with Gasteiger partial charge in [0.25, 0.3) is 0 Å². The molecule has 0 aliphatic rings. The number of halogens is 1. The van der Waals surface area contributed by atoms with Crippen molar-refractivity contribution in [1.29, 1.82) is 0 Å². The maximum Gasteiger partial charge on any atom is 0.133 e.